The van der Waals surface area contributed by atoms with E-state index in [-0.39, 0.29) is 11.8 Å². The van der Waals surface area contributed by atoms with E-state index in [1.165, 1.54) is 10.7 Å². The van der Waals surface area contributed by atoms with Gasteiger partial charge in [0.15, 0.2) is 5.65 Å². The summed E-state index contributed by atoms with van der Waals surface area (Å²) in [5.41, 5.74) is 0.967. The van der Waals surface area contributed by atoms with Crippen molar-refractivity contribution in [3.8, 4) is 0 Å². The van der Waals surface area contributed by atoms with Gasteiger partial charge in [0, 0.05) is 18.2 Å². The van der Waals surface area contributed by atoms with Crippen molar-refractivity contribution in [3.63, 3.8) is 0 Å². The second kappa shape index (κ2) is 4.44. The highest BCUT2D eigenvalue weighted by atomic mass is 16.3. The zero-order valence-electron chi connectivity index (χ0n) is 9.05. The first kappa shape index (κ1) is 10.8. The SMILES string of the molecule is CCCC(O)Cc1cc2n[nH]c(=O)n2cn1. The van der Waals surface area contributed by atoms with Crippen LogP contribution >= 0.6 is 0 Å². The minimum Gasteiger partial charge on any atom is -0.393 e. The Morgan fingerprint density at radius 3 is 3.19 bits per heavy atom. The summed E-state index contributed by atoms with van der Waals surface area (Å²) in [5.74, 6) is 0. The summed E-state index contributed by atoms with van der Waals surface area (Å²) in [4.78, 5) is 15.3. The number of aliphatic hydroxyl groups is 1. The molecular formula is C10H14N4O2. The molecule has 0 amide bonds. The van der Waals surface area contributed by atoms with Gasteiger partial charge >= 0.3 is 5.69 Å². The molecule has 2 aromatic rings. The molecule has 2 heterocycles. The van der Waals surface area contributed by atoms with Crippen molar-refractivity contribution >= 4 is 5.65 Å². The summed E-state index contributed by atoms with van der Waals surface area (Å²) in [6, 6.07) is 1.71. The first-order valence-electron chi connectivity index (χ1n) is 5.30. The number of fused-ring (bicyclic) bond motifs is 1. The molecule has 6 nitrogen and oxygen atoms in total. The smallest absolute Gasteiger partial charge is 0.348 e. The molecule has 0 bridgehead atoms. The molecule has 2 N–H and O–H groups in total. The Labute approximate surface area is 92.0 Å². The molecule has 0 saturated heterocycles. The van der Waals surface area contributed by atoms with E-state index < -0.39 is 0 Å². The van der Waals surface area contributed by atoms with Crippen LogP contribution < -0.4 is 5.69 Å². The van der Waals surface area contributed by atoms with Gasteiger partial charge in [-0.25, -0.2) is 19.3 Å². The van der Waals surface area contributed by atoms with E-state index in [0.29, 0.717) is 12.1 Å². The number of hydrogen-bond acceptors (Lipinski definition) is 4. The summed E-state index contributed by atoms with van der Waals surface area (Å²) >= 11 is 0. The van der Waals surface area contributed by atoms with Crippen LogP contribution in [0.3, 0.4) is 0 Å². The lowest BCUT2D eigenvalue weighted by molar-refractivity contribution is 0.162. The second-order valence-electron chi connectivity index (χ2n) is 3.78. The van der Waals surface area contributed by atoms with Gasteiger partial charge in [0.1, 0.15) is 6.33 Å². The predicted molar refractivity (Wildman–Crippen MR) is 58.2 cm³/mol. The third-order valence-corrected chi connectivity index (χ3v) is 2.43. The van der Waals surface area contributed by atoms with Crippen LogP contribution in [-0.4, -0.2) is 30.8 Å². The van der Waals surface area contributed by atoms with Gasteiger partial charge in [-0.05, 0) is 6.42 Å². The average molecular weight is 222 g/mol. The van der Waals surface area contributed by atoms with Gasteiger partial charge in [0.2, 0.25) is 0 Å². The van der Waals surface area contributed by atoms with Crippen LogP contribution in [0, 0.1) is 0 Å². The van der Waals surface area contributed by atoms with Gasteiger partial charge in [-0.2, -0.15) is 5.10 Å². The van der Waals surface area contributed by atoms with E-state index in [1.807, 2.05) is 6.92 Å². The molecule has 0 fully saturated rings. The minimum atomic E-state index is -0.384. The number of nitrogens with one attached hydrogen (secondary N) is 1. The lowest BCUT2D eigenvalue weighted by Crippen LogP contribution is -2.13. The Hall–Kier alpha value is -1.69. The van der Waals surface area contributed by atoms with Crippen molar-refractivity contribution < 1.29 is 5.11 Å². The van der Waals surface area contributed by atoms with Crippen molar-refractivity contribution in [1.82, 2.24) is 19.6 Å². The van der Waals surface area contributed by atoms with Crippen LogP contribution in [-0.2, 0) is 6.42 Å². The van der Waals surface area contributed by atoms with Crippen molar-refractivity contribution in [3.05, 3.63) is 28.6 Å². The largest absolute Gasteiger partial charge is 0.393 e. The number of nitrogens with zero attached hydrogens (tertiary/aromatic N) is 3. The van der Waals surface area contributed by atoms with E-state index in [1.54, 1.807) is 6.07 Å². The van der Waals surface area contributed by atoms with Gasteiger partial charge in [-0.1, -0.05) is 13.3 Å². The maximum absolute atomic E-state index is 11.2. The molecule has 16 heavy (non-hydrogen) atoms. The van der Waals surface area contributed by atoms with Crippen LogP contribution in [0.4, 0.5) is 0 Å². The maximum atomic E-state index is 11.2. The quantitative estimate of drug-likeness (QED) is 0.769. The number of hydrogen-bond donors (Lipinski definition) is 2. The fraction of sp³-hybridized carbons (Fsp3) is 0.500. The summed E-state index contributed by atoms with van der Waals surface area (Å²) in [7, 11) is 0. The molecular weight excluding hydrogens is 208 g/mol. The van der Waals surface area contributed by atoms with Crippen LogP contribution in [0.25, 0.3) is 5.65 Å². The van der Waals surface area contributed by atoms with Crippen molar-refractivity contribution in [2.24, 2.45) is 0 Å². The van der Waals surface area contributed by atoms with Crippen LogP contribution in [0.2, 0.25) is 0 Å². The predicted octanol–water partition coefficient (Wildman–Crippen LogP) is 0.121. The molecule has 0 aromatic carbocycles. The molecule has 0 aliphatic carbocycles. The van der Waals surface area contributed by atoms with Crippen LogP contribution in [0.15, 0.2) is 17.2 Å². The summed E-state index contributed by atoms with van der Waals surface area (Å²) in [6.07, 6.45) is 3.22. The number of aromatic amines is 1. The Balaban J connectivity index is 2.23. The number of aliphatic hydroxyl groups excluding tert-OH is 1. The summed E-state index contributed by atoms with van der Waals surface area (Å²) in [5, 5.41) is 15.8. The van der Waals surface area contributed by atoms with Gasteiger partial charge in [0.25, 0.3) is 0 Å². The molecule has 86 valence electrons. The number of H-pyrrole nitrogens is 1. The van der Waals surface area contributed by atoms with Crippen LogP contribution in [0.5, 0.6) is 0 Å². The van der Waals surface area contributed by atoms with Crippen molar-refractivity contribution in [1.29, 1.82) is 0 Å². The Kier molecular flexibility index (Phi) is 3.00. The average Bonchev–Trinajstić information content (AvgIpc) is 2.60. The summed E-state index contributed by atoms with van der Waals surface area (Å²) < 4.78 is 1.33. The molecule has 1 unspecified atom stereocenters. The van der Waals surface area contributed by atoms with E-state index in [9.17, 15) is 9.90 Å². The minimum absolute atomic E-state index is 0.303. The van der Waals surface area contributed by atoms with Crippen molar-refractivity contribution in [2.45, 2.75) is 32.3 Å². The number of rotatable bonds is 4. The third kappa shape index (κ3) is 2.11. The van der Waals surface area contributed by atoms with E-state index in [0.717, 1.165) is 18.5 Å². The first-order valence-corrected chi connectivity index (χ1v) is 5.30. The fourth-order valence-corrected chi connectivity index (χ4v) is 1.64. The molecule has 2 rings (SSSR count). The van der Waals surface area contributed by atoms with Gasteiger partial charge in [-0.3, -0.25) is 0 Å². The Bertz CT molecular complexity index is 531. The topological polar surface area (TPSA) is 83.3 Å². The highest BCUT2D eigenvalue weighted by Gasteiger charge is 2.07. The van der Waals surface area contributed by atoms with Gasteiger partial charge in [-0.15, -0.1) is 0 Å². The number of aromatic nitrogens is 4. The molecule has 0 saturated carbocycles. The molecule has 0 radical (unpaired) electrons. The summed E-state index contributed by atoms with van der Waals surface area (Å²) in [6.45, 7) is 2.02. The van der Waals surface area contributed by atoms with Crippen molar-refractivity contribution in [2.75, 3.05) is 0 Å². The molecule has 0 aliphatic rings. The zero-order chi connectivity index (χ0) is 11.5. The normalized spacial score (nSPS) is 13.1. The Morgan fingerprint density at radius 1 is 1.62 bits per heavy atom. The lowest BCUT2D eigenvalue weighted by Gasteiger charge is -2.07. The molecule has 2 aromatic heterocycles. The Morgan fingerprint density at radius 2 is 2.44 bits per heavy atom. The lowest BCUT2D eigenvalue weighted by atomic mass is 10.1. The highest BCUT2D eigenvalue weighted by Crippen LogP contribution is 2.06. The zero-order valence-corrected chi connectivity index (χ0v) is 9.05. The third-order valence-electron chi connectivity index (χ3n) is 2.43. The van der Waals surface area contributed by atoms with Gasteiger partial charge in [0.05, 0.1) is 6.10 Å². The molecule has 1 atom stereocenters. The van der Waals surface area contributed by atoms with E-state index in [4.69, 9.17) is 0 Å². The van der Waals surface area contributed by atoms with E-state index >= 15 is 0 Å². The molecule has 6 heteroatoms. The van der Waals surface area contributed by atoms with E-state index in [2.05, 4.69) is 15.2 Å². The fourth-order valence-electron chi connectivity index (χ4n) is 1.64. The molecule has 0 aliphatic heterocycles. The van der Waals surface area contributed by atoms with Crippen LogP contribution in [0.1, 0.15) is 25.5 Å². The molecule has 0 spiro atoms. The first-order chi connectivity index (χ1) is 7.70. The maximum Gasteiger partial charge on any atom is 0.348 e. The highest BCUT2D eigenvalue weighted by molar-refractivity contribution is 5.36. The standard InChI is InChI=1S/C10H14N4O2/c1-2-3-8(15)4-7-5-9-12-13-10(16)14(9)6-11-7/h5-6,8,15H,2-4H2,1H3,(H,13,16). The monoisotopic (exact) mass is 222 g/mol. The second-order valence-corrected chi connectivity index (χ2v) is 3.78. The van der Waals surface area contributed by atoms with Gasteiger partial charge < -0.3 is 5.11 Å².